The van der Waals surface area contributed by atoms with Crippen LogP contribution in [0.15, 0.2) is 218 Å². The molecule has 2 heteroatoms. The van der Waals surface area contributed by atoms with E-state index < -0.39 is 0 Å². The van der Waals surface area contributed by atoms with E-state index in [1.807, 2.05) is 0 Å². The van der Waals surface area contributed by atoms with Crippen LogP contribution in [0.5, 0.6) is 0 Å². The number of anilines is 3. The highest BCUT2D eigenvalue weighted by Gasteiger charge is 2.26. The minimum Gasteiger partial charge on any atom is -0.310 e. The summed E-state index contributed by atoms with van der Waals surface area (Å²) in [5, 5.41) is 10.0. The topological polar surface area (TPSA) is 8.17 Å². The van der Waals surface area contributed by atoms with Gasteiger partial charge < -0.3 is 9.47 Å². The van der Waals surface area contributed by atoms with Crippen LogP contribution in [-0.4, -0.2) is 4.57 Å². The predicted molar refractivity (Wildman–Crippen MR) is 293 cm³/mol. The lowest BCUT2D eigenvalue weighted by Gasteiger charge is -2.32. The summed E-state index contributed by atoms with van der Waals surface area (Å²) in [6.45, 7) is 14.0. The monoisotopic (exact) mass is 874 g/mol. The molecule has 0 saturated carbocycles. The lowest BCUT2D eigenvalue weighted by Crippen LogP contribution is -2.17. The fourth-order valence-corrected chi connectivity index (χ4v) is 10.8. The molecule has 0 radical (unpaired) electrons. The van der Waals surface area contributed by atoms with Gasteiger partial charge in [0.25, 0.3) is 0 Å². The summed E-state index contributed by atoms with van der Waals surface area (Å²) in [5.74, 6) is 0. The number of nitrogens with zero attached hydrogens (tertiary/aromatic N) is 2. The van der Waals surface area contributed by atoms with Crippen molar-refractivity contribution in [1.29, 1.82) is 0 Å². The first kappa shape index (κ1) is 41.5. The van der Waals surface area contributed by atoms with E-state index in [0.717, 1.165) is 17.1 Å². The zero-order chi connectivity index (χ0) is 46.3. The van der Waals surface area contributed by atoms with Crippen LogP contribution in [-0.2, 0) is 10.8 Å². The quantitative estimate of drug-likeness (QED) is 0.145. The molecular formula is C66H54N2. The van der Waals surface area contributed by atoms with Gasteiger partial charge in [-0.25, -0.2) is 0 Å². The average molecular weight is 875 g/mol. The highest BCUT2D eigenvalue weighted by atomic mass is 15.1. The van der Waals surface area contributed by atoms with Crippen LogP contribution in [0.4, 0.5) is 17.1 Å². The number of rotatable bonds is 7. The van der Waals surface area contributed by atoms with Gasteiger partial charge in [-0.3, -0.25) is 0 Å². The number of aromatic nitrogens is 1. The van der Waals surface area contributed by atoms with Gasteiger partial charge >= 0.3 is 0 Å². The van der Waals surface area contributed by atoms with Crippen molar-refractivity contribution in [3.8, 4) is 39.1 Å². The zero-order valence-electron chi connectivity index (χ0n) is 39.7. The van der Waals surface area contributed by atoms with E-state index in [1.54, 1.807) is 0 Å². The molecule has 0 fully saturated rings. The van der Waals surface area contributed by atoms with Gasteiger partial charge in [0.2, 0.25) is 0 Å². The molecule has 0 aliphatic carbocycles. The second-order valence-electron chi connectivity index (χ2n) is 20.6. The summed E-state index contributed by atoms with van der Waals surface area (Å²) in [6.07, 6.45) is 0. The van der Waals surface area contributed by atoms with E-state index in [2.05, 4.69) is 269 Å². The van der Waals surface area contributed by atoms with Gasteiger partial charge in [0.15, 0.2) is 0 Å². The van der Waals surface area contributed by atoms with Gasteiger partial charge in [-0.2, -0.15) is 0 Å². The highest BCUT2D eigenvalue weighted by Crippen LogP contribution is 2.48. The highest BCUT2D eigenvalue weighted by molar-refractivity contribution is 6.27. The van der Waals surface area contributed by atoms with Crippen LogP contribution < -0.4 is 4.90 Å². The second kappa shape index (κ2) is 15.9. The third-order valence-corrected chi connectivity index (χ3v) is 14.2. The maximum absolute atomic E-state index is 2.54. The second-order valence-corrected chi connectivity index (χ2v) is 20.6. The maximum Gasteiger partial charge on any atom is 0.0541 e. The number of fused-ring (bicyclic) bond motifs is 3. The van der Waals surface area contributed by atoms with Crippen molar-refractivity contribution in [3.63, 3.8) is 0 Å². The van der Waals surface area contributed by atoms with Crippen molar-refractivity contribution >= 4 is 71.2 Å². The summed E-state index contributed by atoms with van der Waals surface area (Å²) >= 11 is 0. The number of hydrogen-bond donors (Lipinski definition) is 0. The minimum atomic E-state index is -0.121. The lowest BCUT2D eigenvalue weighted by molar-refractivity contribution is 0.590. The first-order valence-corrected chi connectivity index (χ1v) is 24.0. The molecule has 0 aliphatic rings. The fourth-order valence-electron chi connectivity index (χ4n) is 10.8. The Balaban J connectivity index is 1.13. The molecule has 0 saturated heterocycles. The van der Waals surface area contributed by atoms with Gasteiger partial charge in [0.05, 0.1) is 22.4 Å². The van der Waals surface area contributed by atoms with Gasteiger partial charge in [-0.15, -0.1) is 0 Å². The van der Waals surface area contributed by atoms with Crippen molar-refractivity contribution < 1.29 is 0 Å². The summed E-state index contributed by atoms with van der Waals surface area (Å²) in [7, 11) is 0. The van der Waals surface area contributed by atoms with E-state index in [1.165, 1.54) is 104 Å². The van der Waals surface area contributed by atoms with Crippen molar-refractivity contribution in [1.82, 2.24) is 4.57 Å². The van der Waals surface area contributed by atoms with E-state index >= 15 is 0 Å². The molecule has 0 unspecified atom stereocenters. The van der Waals surface area contributed by atoms with Crippen LogP contribution in [0.2, 0.25) is 0 Å². The first-order chi connectivity index (χ1) is 33.0. The molecule has 0 amide bonds. The summed E-state index contributed by atoms with van der Waals surface area (Å²) < 4.78 is 2.49. The predicted octanol–water partition coefficient (Wildman–Crippen LogP) is 18.7. The molecule has 12 rings (SSSR count). The van der Waals surface area contributed by atoms with Crippen molar-refractivity contribution in [2.45, 2.75) is 52.4 Å². The third kappa shape index (κ3) is 6.94. The van der Waals surface area contributed by atoms with Gasteiger partial charge in [-0.1, -0.05) is 205 Å². The van der Waals surface area contributed by atoms with Gasteiger partial charge in [-0.05, 0) is 131 Å². The molecule has 328 valence electrons. The standard InChI is InChI=1S/C66H54N2/c1-65(2,3)50-38-49(44-20-12-8-13-21-44)39-52(41-50)67(51-31-34-53(45-22-14-9-15-23-45)58(42-51)66(4,5)6)60-35-28-46-27-33-56-61(36-29-47-26-32-55(60)63(46)64(47)56)68-59-25-17-16-24-54(59)57-40-48(30-37-62(57)68)43-18-10-7-11-19-43/h7-42H,1-6H3. The molecule has 0 bridgehead atoms. The molecule has 68 heavy (non-hydrogen) atoms. The van der Waals surface area contributed by atoms with Crippen LogP contribution in [0, 0.1) is 0 Å². The molecular weight excluding hydrogens is 821 g/mol. The molecule has 1 heterocycles. The van der Waals surface area contributed by atoms with Gasteiger partial charge in [0, 0.05) is 32.9 Å². The summed E-state index contributed by atoms with van der Waals surface area (Å²) in [4.78, 5) is 2.54. The molecule has 12 aromatic rings. The Hall–Kier alpha value is -7.94. The summed E-state index contributed by atoms with van der Waals surface area (Å²) in [5.41, 5.74) is 16.8. The van der Waals surface area contributed by atoms with E-state index in [9.17, 15) is 0 Å². The fraction of sp³-hybridized carbons (Fsp3) is 0.121. The molecule has 0 N–H and O–H groups in total. The first-order valence-electron chi connectivity index (χ1n) is 24.0. The van der Waals surface area contributed by atoms with Crippen molar-refractivity contribution in [3.05, 3.63) is 230 Å². The molecule has 1 aromatic heterocycles. The smallest absolute Gasteiger partial charge is 0.0541 e. The Morgan fingerprint density at radius 2 is 0.941 bits per heavy atom. The zero-order valence-corrected chi connectivity index (χ0v) is 39.7. The average Bonchev–Trinajstić information content (AvgIpc) is 3.69. The Labute approximate surface area is 399 Å². The Kier molecular flexibility index (Phi) is 9.67. The SMILES string of the molecule is CC(C)(C)c1cc(-c2ccccc2)cc(N(c2ccc(-c3ccccc3)c(C(C)(C)C)c2)c2ccc3ccc4c(-n5c6ccccc6c6cc(-c7ccccc7)ccc65)ccc5ccc2c3c54)c1. The number of hydrogen-bond acceptors (Lipinski definition) is 1. The molecule has 2 nitrogen and oxygen atoms in total. The van der Waals surface area contributed by atoms with Crippen LogP contribution in [0.3, 0.4) is 0 Å². The molecule has 0 aliphatic heterocycles. The third-order valence-electron chi connectivity index (χ3n) is 14.2. The largest absolute Gasteiger partial charge is 0.310 e. The number of para-hydroxylation sites is 1. The minimum absolute atomic E-state index is 0.0894. The number of benzene rings is 11. The Morgan fingerprint density at radius 1 is 0.353 bits per heavy atom. The van der Waals surface area contributed by atoms with E-state index in [0.29, 0.717) is 0 Å². The lowest BCUT2D eigenvalue weighted by atomic mass is 9.81. The molecule has 0 spiro atoms. The Bertz CT molecular complexity index is 3850. The van der Waals surface area contributed by atoms with E-state index in [-0.39, 0.29) is 10.8 Å². The van der Waals surface area contributed by atoms with Crippen LogP contribution in [0.1, 0.15) is 52.7 Å². The van der Waals surface area contributed by atoms with Crippen molar-refractivity contribution in [2.75, 3.05) is 4.90 Å². The maximum atomic E-state index is 2.54. The Morgan fingerprint density at radius 3 is 1.63 bits per heavy atom. The summed E-state index contributed by atoms with van der Waals surface area (Å²) in [6, 6.07) is 81.4. The van der Waals surface area contributed by atoms with Gasteiger partial charge in [0.1, 0.15) is 0 Å². The van der Waals surface area contributed by atoms with Crippen molar-refractivity contribution in [2.24, 2.45) is 0 Å². The normalized spacial score (nSPS) is 12.3. The molecule has 0 atom stereocenters. The molecule has 11 aromatic carbocycles. The van der Waals surface area contributed by atoms with Crippen LogP contribution >= 0.6 is 0 Å². The van der Waals surface area contributed by atoms with E-state index in [4.69, 9.17) is 0 Å². The van der Waals surface area contributed by atoms with Crippen LogP contribution in [0.25, 0.3) is 93.2 Å².